The van der Waals surface area contributed by atoms with Crippen LogP contribution in [0.25, 0.3) is 0 Å². The number of amides is 3. The van der Waals surface area contributed by atoms with Crippen molar-refractivity contribution in [3.63, 3.8) is 0 Å². The zero-order valence-electron chi connectivity index (χ0n) is 9.25. The second kappa shape index (κ2) is 3.51. The fourth-order valence-electron chi connectivity index (χ4n) is 1.86. The van der Waals surface area contributed by atoms with E-state index in [1.165, 1.54) is 14.0 Å². The molecule has 0 spiro atoms. The molecular weight excluding hydrogens is 230 g/mol. The first kappa shape index (κ1) is 11.5. The van der Waals surface area contributed by atoms with Crippen LogP contribution in [0.4, 0.5) is 13.6 Å². The third kappa shape index (κ3) is 1.56. The Morgan fingerprint density at radius 3 is 2.41 bits per heavy atom. The summed E-state index contributed by atoms with van der Waals surface area (Å²) in [5.41, 5.74) is -1.54. The number of hydrogen-bond donors (Lipinski definition) is 1. The highest BCUT2D eigenvalue weighted by atomic mass is 19.1. The van der Waals surface area contributed by atoms with Gasteiger partial charge in [0.05, 0.1) is 0 Å². The Balaban J connectivity index is 2.53. The van der Waals surface area contributed by atoms with Crippen LogP contribution in [0, 0.1) is 11.6 Å². The van der Waals surface area contributed by atoms with Gasteiger partial charge in [-0.15, -0.1) is 0 Å². The number of nitrogens with one attached hydrogen (secondary N) is 1. The second-order valence-electron chi connectivity index (χ2n) is 4.04. The molecule has 1 unspecified atom stereocenters. The molecule has 1 atom stereocenters. The van der Waals surface area contributed by atoms with E-state index in [0.29, 0.717) is 6.07 Å². The monoisotopic (exact) mass is 240 g/mol. The van der Waals surface area contributed by atoms with E-state index in [4.69, 9.17) is 0 Å². The maximum absolute atomic E-state index is 13.6. The highest BCUT2D eigenvalue weighted by Crippen LogP contribution is 2.30. The van der Waals surface area contributed by atoms with Crippen LogP contribution in [-0.2, 0) is 10.3 Å². The quantitative estimate of drug-likeness (QED) is 0.753. The molecule has 2 rings (SSSR count). The SMILES string of the molecule is CN1C(=O)NC(C)(c2ccc(F)cc2F)C1=O. The van der Waals surface area contributed by atoms with Gasteiger partial charge in [0.1, 0.15) is 17.2 Å². The van der Waals surface area contributed by atoms with Gasteiger partial charge < -0.3 is 5.32 Å². The summed E-state index contributed by atoms with van der Waals surface area (Å²) in [6, 6.07) is 2.27. The van der Waals surface area contributed by atoms with E-state index >= 15 is 0 Å². The molecule has 0 saturated carbocycles. The number of rotatable bonds is 1. The Morgan fingerprint density at radius 1 is 1.29 bits per heavy atom. The smallest absolute Gasteiger partial charge is 0.319 e. The molecular formula is C11H10F2N2O2. The van der Waals surface area contributed by atoms with Crippen LogP contribution in [0.2, 0.25) is 0 Å². The molecule has 0 radical (unpaired) electrons. The van der Waals surface area contributed by atoms with Crippen molar-refractivity contribution in [2.24, 2.45) is 0 Å². The molecule has 3 amide bonds. The van der Waals surface area contributed by atoms with E-state index in [0.717, 1.165) is 17.0 Å². The predicted octanol–water partition coefficient (Wildman–Crippen LogP) is 1.36. The maximum atomic E-state index is 13.6. The van der Waals surface area contributed by atoms with Crippen LogP contribution in [0.15, 0.2) is 18.2 Å². The van der Waals surface area contributed by atoms with Crippen LogP contribution < -0.4 is 5.32 Å². The molecule has 1 saturated heterocycles. The minimum atomic E-state index is -1.48. The predicted molar refractivity (Wildman–Crippen MR) is 55.0 cm³/mol. The normalized spacial score (nSPS) is 24.1. The molecule has 6 heteroatoms. The molecule has 1 aromatic rings. The Hall–Kier alpha value is -1.98. The summed E-state index contributed by atoms with van der Waals surface area (Å²) in [5.74, 6) is -2.18. The molecule has 90 valence electrons. The lowest BCUT2D eigenvalue weighted by Gasteiger charge is -2.22. The lowest BCUT2D eigenvalue weighted by Crippen LogP contribution is -2.41. The molecule has 1 aromatic carbocycles. The lowest BCUT2D eigenvalue weighted by atomic mass is 9.91. The van der Waals surface area contributed by atoms with Crippen LogP contribution in [0.3, 0.4) is 0 Å². The zero-order chi connectivity index (χ0) is 12.8. The Kier molecular flexibility index (Phi) is 2.38. The van der Waals surface area contributed by atoms with Crippen LogP contribution in [0.5, 0.6) is 0 Å². The van der Waals surface area contributed by atoms with Crippen molar-refractivity contribution >= 4 is 11.9 Å². The van der Waals surface area contributed by atoms with Crippen molar-refractivity contribution in [3.05, 3.63) is 35.4 Å². The summed E-state index contributed by atoms with van der Waals surface area (Å²) < 4.78 is 26.4. The Labute approximate surface area is 96.2 Å². The summed E-state index contributed by atoms with van der Waals surface area (Å²) >= 11 is 0. The van der Waals surface area contributed by atoms with Gasteiger partial charge >= 0.3 is 6.03 Å². The minimum absolute atomic E-state index is 0.0541. The number of carbonyl (C=O) groups excluding carboxylic acids is 2. The molecule has 4 nitrogen and oxygen atoms in total. The number of carbonyl (C=O) groups is 2. The fourth-order valence-corrected chi connectivity index (χ4v) is 1.86. The second-order valence-corrected chi connectivity index (χ2v) is 4.04. The Morgan fingerprint density at radius 2 is 1.94 bits per heavy atom. The average Bonchev–Trinajstić information content (AvgIpc) is 2.43. The molecule has 0 aromatic heterocycles. The topological polar surface area (TPSA) is 49.4 Å². The average molecular weight is 240 g/mol. The van der Waals surface area contributed by atoms with E-state index in [1.807, 2.05) is 0 Å². The highest BCUT2D eigenvalue weighted by molar-refractivity contribution is 6.06. The summed E-state index contributed by atoms with van der Waals surface area (Å²) in [5, 5.41) is 2.38. The molecule has 1 N–H and O–H groups in total. The van der Waals surface area contributed by atoms with E-state index in [-0.39, 0.29) is 5.56 Å². The number of hydrogen-bond acceptors (Lipinski definition) is 2. The van der Waals surface area contributed by atoms with Crippen molar-refractivity contribution < 1.29 is 18.4 Å². The largest absolute Gasteiger partial charge is 0.325 e. The first-order valence-corrected chi connectivity index (χ1v) is 4.92. The van der Waals surface area contributed by atoms with Gasteiger partial charge in [-0.25, -0.2) is 13.6 Å². The van der Waals surface area contributed by atoms with Crippen molar-refractivity contribution in [3.8, 4) is 0 Å². The molecule has 1 aliphatic rings. The van der Waals surface area contributed by atoms with Crippen molar-refractivity contribution in [1.82, 2.24) is 10.2 Å². The van der Waals surface area contributed by atoms with Crippen LogP contribution >= 0.6 is 0 Å². The van der Waals surface area contributed by atoms with E-state index < -0.39 is 29.1 Å². The number of halogens is 2. The van der Waals surface area contributed by atoms with Gasteiger partial charge in [0.25, 0.3) is 5.91 Å². The van der Waals surface area contributed by atoms with Crippen molar-refractivity contribution in [2.45, 2.75) is 12.5 Å². The number of imide groups is 1. The van der Waals surface area contributed by atoms with Gasteiger partial charge in [-0.2, -0.15) is 0 Å². The number of benzene rings is 1. The number of likely N-dealkylation sites (N-methyl/N-ethyl adjacent to an activating group) is 1. The fraction of sp³-hybridized carbons (Fsp3) is 0.273. The molecule has 1 heterocycles. The molecule has 0 aliphatic carbocycles. The van der Waals surface area contributed by atoms with Gasteiger partial charge in [0.15, 0.2) is 0 Å². The third-order valence-electron chi connectivity index (χ3n) is 2.86. The molecule has 1 fully saturated rings. The van der Waals surface area contributed by atoms with Crippen molar-refractivity contribution in [1.29, 1.82) is 0 Å². The summed E-state index contributed by atoms with van der Waals surface area (Å²) in [6.45, 7) is 1.38. The summed E-state index contributed by atoms with van der Waals surface area (Å²) in [6.07, 6.45) is 0. The van der Waals surface area contributed by atoms with Crippen LogP contribution in [-0.4, -0.2) is 23.9 Å². The van der Waals surface area contributed by atoms with E-state index in [1.54, 1.807) is 0 Å². The molecule has 1 aliphatic heterocycles. The maximum Gasteiger partial charge on any atom is 0.325 e. The summed E-state index contributed by atoms with van der Waals surface area (Å²) in [7, 11) is 1.30. The van der Waals surface area contributed by atoms with Gasteiger partial charge in [-0.05, 0) is 13.0 Å². The van der Waals surface area contributed by atoms with E-state index in [2.05, 4.69) is 5.32 Å². The van der Waals surface area contributed by atoms with E-state index in [9.17, 15) is 18.4 Å². The van der Waals surface area contributed by atoms with Crippen LogP contribution in [0.1, 0.15) is 12.5 Å². The minimum Gasteiger partial charge on any atom is -0.319 e. The zero-order valence-corrected chi connectivity index (χ0v) is 9.25. The van der Waals surface area contributed by atoms with Gasteiger partial charge in [-0.3, -0.25) is 9.69 Å². The lowest BCUT2D eigenvalue weighted by molar-refractivity contribution is -0.130. The van der Waals surface area contributed by atoms with Crippen molar-refractivity contribution in [2.75, 3.05) is 7.05 Å². The highest BCUT2D eigenvalue weighted by Gasteiger charge is 2.48. The number of nitrogens with zero attached hydrogens (tertiary/aromatic N) is 1. The van der Waals surface area contributed by atoms with Gasteiger partial charge in [0.2, 0.25) is 0 Å². The molecule has 17 heavy (non-hydrogen) atoms. The third-order valence-corrected chi connectivity index (χ3v) is 2.86. The van der Waals surface area contributed by atoms with Gasteiger partial charge in [0, 0.05) is 18.7 Å². The number of urea groups is 1. The first-order chi connectivity index (χ1) is 7.86. The van der Waals surface area contributed by atoms with Gasteiger partial charge in [-0.1, -0.05) is 6.07 Å². The standard InChI is InChI=1S/C11H10F2N2O2/c1-11(9(16)15(2)10(17)14-11)7-4-3-6(12)5-8(7)13/h3-5H,1-2H3,(H,14,17). The molecule has 0 bridgehead atoms. The summed E-state index contributed by atoms with van der Waals surface area (Å²) in [4.78, 5) is 24.1. The first-order valence-electron chi connectivity index (χ1n) is 4.92. The Bertz CT molecular complexity index is 518.